The first kappa shape index (κ1) is 43.3. The molecule has 0 amide bonds. The third-order valence-electron chi connectivity index (χ3n) is 16.6. The molecule has 6 heterocycles. The summed E-state index contributed by atoms with van der Waals surface area (Å²) in [4.78, 5) is 4.49. The summed E-state index contributed by atoms with van der Waals surface area (Å²) >= 11 is 0. The Bertz CT molecular complexity index is 5030. The summed E-state index contributed by atoms with van der Waals surface area (Å²) in [6, 6.07) is 73.2. The second kappa shape index (κ2) is 15.9. The second-order valence-electron chi connectivity index (χ2n) is 20.7. The first-order chi connectivity index (χ1) is 37.9. The minimum Gasteiger partial charge on any atom is -0.454 e. The molecule has 0 fully saturated rings. The van der Waals surface area contributed by atoms with Crippen molar-refractivity contribution < 1.29 is 4.42 Å². The molecule has 7 nitrogen and oxygen atoms in total. The summed E-state index contributed by atoms with van der Waals surface area (Å²) in [5.74, 6) is 0. The van der Waals surface area contributed by atoms with Gasteiger partial charge in [-0.25, -0.2) is 0 Å². The van der Waals surface area contributed by atoms with Crippen LogP contribution in [-0.4, -0.2) is 23.3 Å². The predicted molar refractivity (Wildman–Crippen MR) is 318 cm³/mol. The molecule has 7 heteroatoms. The number of nitriles is 1. The van der Waals surface area contributed by atoms with Crippen LogP contribution in [0.15, 0.2) is 211 Å². The topological polar surface area (TPSA) is 69.5 Å². The summed E-state index contributed by atoms with van der Waals surface area (Å²) in [7, 11) is 0. The molecule has 0 aliphatic carbocycles. The van der Waals surface area contributed by atoms with E-state index in [0.29, 0.717) is 5.56 Å². The van der Waals surface area contributed by atoms with E-state index in [1.165, 1.54) is 0 Å². The van der Waals surface area contributed by atoms with Gasteiger partial charge in [0.05, 0.1) is 73.1 Å². The van der Waals surface area contributed by atoms with Crippen molar-refractivity contribution >= 4 is 109 Å². The molecule has 16 rings (SSSR count). The highest BCUT2D eigenvalue weighted by Crippen LogP contribution is 2.53. The molecule has 6 aromatic heterocycles. The highest BCUT2D eigenvalue weighted by molar-refractivity contribution is 6.18. The maximum atomic E-state index is 13.0. The Morgan fingerprint density at radius 2 is 0.727 bits per heavy atom. The van der Waals surface area contributed by atoms with Gasteiger partial charge in [-0.15, -0.1) is 0 Å². The number of rotatable bonds is 5. The third-order valence-corrected chi connectivity index (χ3v) is 16.6. The average molecular weight is 987 g/mol. The van der Waals surface area contributed by atoms with Crippen LogP contribution in [0.2, 0.25) is 0 Å². The molecule has 0 N–H and O–H groups in total. The standard InChI is InChI=1S/C70H46N6O/c1-40-17-13-25-51-45-21-5-9-29-56(45)73(63(40)51)67-55(38-71)68(74-57-30-10-6-22-46(57)52-26-14-18-41(2)64(52)74)70(76-59-32-12-8-24-48(59)54-28-16-20-43(4)66(54)76)62(44-33-34-49-50-35-36-72-39-61(50)77-60(49)37-44)69(67)75-58-31-11-7-23-47(58)53-27-15-19-42(3)65(53)75/h5-37,39H,1-4H3. The zero-order chi connectivity index (χ0) is 51.4. The first-order valence-electron chi connectivity index (χ1n) is 26.3. The number of para-hydroxylation sites is 8. The maximum absolute atomic E-state index is 13.0. The Morgan fingerprint density at radius 3 is 1.13 bits per heavy atom. The van der Waals surface area contributed by atoms with Gasteiger partial charge in [-0.3, -0.25) is 4.98 Å². The molecule has 0 spiro atoms. The SMILES string of the molecule is Cc1cccc2c3ccccc3n(-c3c(C#N)c(-n4c5ccccc5c5cccc(C)c54)c(-n4c5ccccc5c5cccc(C)c54)c(-c4ccc5c(c4)oc4cnccc45)c3-n3c4ccccc4c4cccc(C)c43)c12. The summed E-state index contributed by atoms with van der Waals surface area (Å²) in [5, 5.41) is 23.9. The number of furan rings is 1. The molecule has 0 unspecified atom stereocenters. The zero-order valence-corrected chi connectivity index (χ0v) is 42.7. The van der Waals surface area contributed by atoms with Crippen LogP contribution >= 0.6 is 0 Å². The van der Waals surface area contributed by atoms with Gasteiger partial charge in [0.15, 0.2) is 5.58 Å². The highest BCUT2D eigenvalue weighted by Gasteiger charge is 2.36. The number of aromatic nitrogens is 5. The first-order valence-corrected chi connectivity index (χ1v) is 26.3. The van der Waals surface area contributed by atoms with E-state index in [1.54, 1.807) is 6.20 Å². The van der Waals surface area contributed by atoms with Gasteiger partial charge in [-0.1, -0.05) is 152 Å². The summed E-state index contributed by atoms with van der Waals surface area (Å²) in [6.45, 7) is 8.83. The van der Waals surface area contributed by atoms with E-state index in [-0.39, 0.29) is 0 Å². The van der Waals surface area contributed by atoms with Gasteiger partial charge in [0.1, 0.15) is 17.2 Å². The van der Waals surface area contributed by atoms with Gasteiger partial charge in [0.25, 0.3) is 0 Å². The van der Waals surface area contributed by atoms with Crippen LogP contribution in [0.4, 0.5) is 0 Å². The Labute approximate surface area is 441 Å². The van der Waals surface area contributed by atoms with Gasteiger partial charge < -0.3 is 22.7 Å². The van der Waals surface area contributed by atoms with Crippen LogP contribution in [0.5, 0.6) is 0 Å². The number of hydrogen-bond donors (Lipinski definition) is 0. The van der Waals surface area contributed by atoms with Crippen molar-refractivity contribution in [2.75, 3.05) is 0 Å². The molecule has 0 bridgehead atoms. The van der Waals surface area contributed by atoms with Gasteiger partial charge in [-0.2, -0.15) is 5.26 Å². The Balaban J connectivity index is 1.29. The minimum absolute atomic E-state index is 0.533. The lowest BCUT2D eigenvalue weighted by Crippen LogP contribution is -2.17. The van der Waals surface area contributed by atoms with E-state index >= 15 is 0 Å². The molecular formula is C70H46N6O. The second-order valence-corrected chi connectivity index (χ2v) is 20.7. The lowest BCUT2D eigenvalue weighted by molar-refractivity contribution is 0.667. The fraction of sp³-hybridized carbons (Fsp3) is 0.0571. The van der Waals surface area contributed by atoms with Crippen LogP contribution in [0.1, 0.15) is 27.8 Å². The van der Waals surface area contributed by atoms with E-state index in [9.17, 15) is 5.26 Å². The van der Waals surface area contributed by atoms with Gasteiger partial charge in [-0.05, 0) is 98.0 Å². The highest BCUT2D eigenvalue weighted by atomic mass is 16.3. The van der Waals surface area contributed by atoms with Crippen LogP contribution in [-0.2, 0) is 0 Å². The van der Waals surface area contributed by atoms with E-state index < -0.39 is 0 Å². The Hall–Kier alpha value is -10.2. The fourth-order valence-corrected chi connectivity index (χ4v) is 13.4. The van der Waals surface area contributed by atoms with E-state index in [4.69, 9.17) is 4.42 Å². The summed E-state index contributed by atoms with van der Waals surface area (Å²) in [6.07, 6.45) is 3.64. The number of pyridine rings is 1. The molecule has 0 aliphatic rings. The normalized spacial score (nSPS) is 12.1. The number of aryl methyl sites for hydroxylation is 4. The maximum Gasteiger partial charge on any atom is 0.153 e. The van der Waals surface area contributed by atoms with E-state index in [0.717, 1.165) is 165 Å². The van der Waals surface area contributed by atoms with Crippen LogP contribution in [0.25, 0.3) is 143 Å². The third kappa shape index (κ3) is 5.76. The minimum atomic E-state index is 0.533. The molecule has 0 aliphatic heterocycles. The van der Waals surface area contributed by atoms with E-state index in [1.807, 2.05) is 12.3 Å². The molecule has 77 heavy (non-hydrogen) atoms. The molecule has 0 radical (unpaired) electrons. The van der Waals surface area contributed by atoms with Crippen molar-refractivity contribution in [2.45, 2.75) is 27.7 Å². The summed E-state index contributed by atoms with van der Waals surface area (Å²) in [5.41, 5.74) is 19.9. The summed E-state index contributed by atoms with van der Waals surface area (Å²) < 4.78 is 16.7. The molecule has 362 valence electrons. The Kier molecular flexibility index (Phi) is 8.95. The molecule has 10 aromatic carbocycles. The lowest BCUT2D eigenvalue weighted by atomic mass is 9.92. The number of hydrogen-bond acceptors (Lipinski definition) is 3. The lowest BCUT2D eigenvalue weighted by Gasteiger charge is -2.30. The smallest absolute Gasteiger partial charge is 0.153 e. The fourth-order valence-electron chi connectivity index (χ4n) is 13.4. The van der Waals surface area contributed by atoms with Crippen molar-refractivity contribution in [2.24, 2.45) is 0 Å². The van der Waals surface area contributed by atoms with Gasteiger partial charge >= 0.3 is 0 Å². The van der Waals surface area contributed by atoms with Crippen molar-refractivity contribution in [1.29, 1.82) is 5.26 Å². The van der Waals surface area contributed by atoms with Crippen LogP contribution in [0.3, 0.4) is 0 Å². The zero-order valence-electron chi connectivity index (χ0n) is 42.7. The molecule has 0 atom stereocenters. The molecule has 0 saturated heterocycles. The average Bonchev–Trinajstić information content (AvgIpc) is 4.48. The molecule has 0 saturated carbocycles. The van der Waals surface area contributed by atoms with Gasteiger partial charge in [0, 0.05) is 65.6 Å². The quantitative estimate of drug-likeness (QED) is 0.172. The number of benzene rings is 10. The van der Waals surface area contributed by atoms with Crippen molar-refractivity contribution in [1.82, 2.24) is 23.3 Å². The largest absolute Gasteiger partial charge is 0.454 e. The number of fused-ring (bicyclic) bond motifs is 15. The molecular weight excluding hydrogens is 941 g/mol. The van der Waals surface area contributed by atoms with Crippen molar-refractivity contribution in [3.8, 4) is 39.9 Å². The number of nitrogens with zero attached hydrogens (tertiary/aromatic N) is 6. The van der Waals surface area contributed by atoms with Crippen molar-refractivity contribution in [3.63, 3.8) is 0 Å². The van der Waals surface area contributed by atoms with Gasteiger partial charge in [0.2, 0.25) is 0 Å². The monoisotopic (exact) mass is 986 g/mol. The van der Waals surface area contributed by atoms with Crippen molar-refractivity contribution in [3.05, 3.63) is 234 Å². The molecule has 16 aromatic rings. The van der Waals surface area contributed by atoms with Crippen LogP contribution in [0, 0.1) is 39.0 Å². The predicted octanol–water partition coefficient (Wildman–Crippen LogP) is 18.1. The van der Waals surface area contributed by atoms with E-state index in [2.05, 4.69) is 245 Å². The van der Waals surface area contributed by atoms with Crippen LogP contribution < -0.4 is 0 Å². The Morgan fingerprint density at radius 1 is 0.364 bits per heavy atom.